The molecule has 1 fully saturated rings. The number of carbonyl (C=O) groups excluding carboxylic acids is 1. The second kappa shape index (κ2) is 10.5. The van der Waals surface area contributed by atoms with Gasteiger partial charge in [-0.15, -0.1) is 24.0 Å². The van der Waals surface area contributed by atoms with Crippen molar-refractivity contribution in [2.24, 2.45) is 16.1 Å². The second-order valence-electron chi connectivity index (χ2n) is 7.35. The number of alkyl halides is 3. The van der Waals surface area contributed by atoms with Gasteiger partial charge in [0.15, 0.2) is 5.96 Å². The first kappa shape index (κ1) is 25.5. The maximum absolute atomic E-state index is 13.0. The Balaban J connectivity index is 0.00000420. The number of nitrogens with two attached hydrogens (primary N) is 1. The Kier molecular flexibility index (Phi) is 9.19. The molecule has 29 heavy (non-hydrogen) atoms. The van der Waals surface area contributed by atoms with Crippen LogP contribution in [0.1, 0.15) is 38.0 Å². The van der Waals surface area contributed by atoms with Crippen molar-refractivity contribution in [2.75, 3.05) is 32.8 Å². The summed E-state index contributed by atoms with van der Waals surface area (Å²) in [6.45, 7) is 7.41. The third kappa shape index (κ3) is 7.02. The maximum atomic E-state index is 13.0. The highest BCUT2D eigenvalue weighted by Crippen LogP contribution is 2.32. The van der Waals surface area contributed by atoms with Gasteiger partial charge in [-0.3, -0.25) is 9.79 Å². The van der Waals surface area contributed by atoms with Gasteiger partial charge in [0.1, 0.15) is 6.10 Å². The Labute approximate surface area is 186 Å². The van der Waals surface area contributed by atoms with Gasteiger partial charge in [0, 0.05) is 13.1 Å². The number of benzene rings is 1. The van der Waals surface area contributed by atoms with E-state index in [-0.39, 0.29) is 30.5 Å². The normalized spacial score (nSPS) is 18.2. The molecule has 1 aromatic rings. The highest BCUT2D eigenvalue weighted by molar-refractivity contribution is 14.0. The van der Waals surface area contributed by atoms with Gasteiger partial charge in [0.25, 0.3) is 0 Å². The lowest BCUT2D eigenvalue weighted by molar-refractivity contribution is -0.137. The van der Waals surface area contributed by atoms with Crippen LogP contribution < -0.4 is 11.1 Å². The van der Waals surface area contributed by atoms with Crippen LogP contribution in [0.2, 0.25) is 0 Å². The summed E-state index contributed by atoms with van der Waals surface area (Å²) in [4.78, 5) is 18.0. The van der Waals surface area contributed by atoms with E-state index in [9.17, 15) is 18.0 Å². The molecule has 2 rings (SSSR count). The predicted molar refractivity (Wildman–Crippen MR) is 116 cm³/mol. The van der Waals surface area contributed by atoms with Gasteiger partial charge in [-0.25, -0.2) is 0 Å². The minimum Gasteiger partial charge on any atom is -0.370 e. The topological polar surface area (TPSA) is 79.9 Å². The monoisotopic (exact) mass is 528 g/mol. The zero-order valence-corrected chi connectivity index (χ0v) is 19.1. The third-order valence-corrected chi connectivity index (χ3v) is 4.58. The molecule has 0 aliphatic carbocycles. The molecule has 3 N–H and O–H groups in total. The number of nitrogens with zero attached hydrogens (tertiary/aromatic N) is 2. The molecule has 164 valence electrons. The molecule has 1 aliphatic heterocycles. The van der Waals surface area contributed by atoms with E-state index in [0.717, 1.165) is 12.1 Å². The van der Waals surface area contributed by atoms with Gasteiger partial charge in [0.2, 0.25) is 5.91 Å². The lowest BCUT2D eigenvalue weighted by atomic mass is 9.93. The smallest absolute Gasteiger partial charge is 0.370 e. The average Bonchev–Trinajstić information content (AvgIpc) is 2.64. The van der Waals surface area contributed by atoms with Crippen molar-refractivity contribution in [3.8, 4) is 0 Å². The van der Waals surface area contributed by atoms with E-state index in [1.807, 2.05) is 11.8 Å². The number of hydrogen-bond donors (Lipinski definition) is 2. The summed E-state index contributed by atoms with van der Waals surface area (Å²) in [5.41, 5.74) is 4.37. The number of primary amides is 1. The van der Waals surface area contributed by atoms with Crippen LogP contribution in [0.15, 0.2) is 29.3 Å². The van der Waals surface area contributed by atoms with Crippen LogP contribution in [-0.4, -0.2) is 49.6 Å². The van der Waals surface area contributed by atoms with Crippen molar-refractivity contribution in [3.05, 3.63) is 35.4 Å². The van der Waals surface area contributed by atoms with Gasteiger partial charge in [-0.1, -0.05) is 12.1 Å². The quantitative estimate of drug-likeness (QED) is 0.350. The molecule has 0 bridgehead atoms. The number of aliphatic imine (C=N–C) groups is 1. The third-order valence-electron chi connectivity index (χ3n) is 4.58. The van der Waals surface area contributed by atoms with Crippen molar-refractivity contribution in [3.63, 3.8) is 0 Å². The van der Waals surface area contributed by atoms with Gasteiger partial charge in [0.05, 0.1) is 30.7 Å². The number of morpholine rings is 1. The number of rotatable bonds is 5. The van der Waals surface area contributed by atoms with Crippen LogP contribution in [0.4, 0.5) is 13.2 Å². The van der Waals surface area contributed by atoms with Crippen molar-refractivity contribution in [1.82, 2.24) is 10.2 Å². The highest BCUT2D eigenvalue weighted by Gasteiger charge is 2.32. The summed E-state index contributed by atoms with van der Waals surface area (Å²) < 4.78 is 44.7. The van der Waals surface area contributed by atoms with E-state index in [4.69, 9.17) is 10.5 Å². The van der Waals surface area contributed by atoms with Gasteiger partial charge in [-0.05, 0) is 38.5 Å². The van der Waals surface area contributed by atoms with E-state index in [0.29, 0.717) is 37.8 Å². The van der Waals surface area contributed by atoms with Crippen LogP contribution in [0.25, 0.3) is 0 Å². The summed E-state index contributed by atoms with van der Waals surface area (Å²) >= 11 is 0. The Morgan fingerprint density at radius 2 is 2.07 bits per heavy atom. The number of halogens is 4. The first-order valence-electron chi connectivity index (χ1n) is 9.16. The summed E-state index contributed by atoms with van der Waals surface area (Å²) in [6.07, 6.45) is -4.91. The Bertz CT molecular complexity index is 726. The molecule has 1 saturated heterocycles. The number of carbonyl (C=O) groups is 1. The SMILES string of the molecule is CCNC(=NCC(C)(C)C(N)=O)N1CCOC(c2cccc(C(F)(F)F)c2)C1.I. The van der Waals surface area contributed by atoms with Crippen molar-refractivity contribution in [1.29, 1.82) is 0 Å². The highest BCUT2D eigenvalue weighted by atomic mass is 127. The second-order valence-corrected chi connectivity index (χ2v) is 7.35. The molecule has 1 aromatic carbocycles. The molecule has 1 unspecified atom stereocenters. The minimum atomic E-state index is -4.40. The minimum absolute atomic E-state index is 0. The fourth-order valence-electron chi connectivity index (χ4n) is 2.73. The van der Waals surface area contributed by atoms with E-state index < -0.39 is 29.2 Å². The number of nitrogens with one attached hydrogen (secondary N) is 1. The Hall–Kier alpha value is -1.56. The number of hydrogen-bond acceptors (Lipinski definition) is 3. The largest absolute Gasteiger partial charge is 0.416 e. The van der Waals surface area contributed by atoms with E-state index in [2.05, 4.69) is 10.3 Å². The van der Waals surface area contributed by atoms with Gasteiger partial charge < -0.3 is 20.7 Å². The summed E-state index contributed by atoms with van der Waals surface area (Å²) in [6, 6.07) is 5.18. The number of ether oxygens (including phenoxy) is 1. The Morgan fingerprint density at radius 1 is 1.38 bits per heavy atom. The molecular weight excluding hydrogens is 500 g/mol. The summed E-state index contributed by atoms with van der Waals surface area (Å²) in [7, 11) is 0. The molecule has 0 spiro atoms. The molecule has 1 amide bonds. The van der Waals surface area contributed by atoms with E-state index in [1.165, 1.54) is 6.07 Å². The molecule has 0 saturated carbocycles. The zero-order chi connectivity index (χ0) is 20.9. The van der Waals surface area contributed by atoms with Gasteiger partial charge in [-0.2, -0.15) is 13.2 Å². The molecular formula is C19H28F3IN4O2. The number of guanidine groups is 1. The first-order valence-corrected chi connectivity index (χ1v) is 9.16. The van der Waals surface area contributed by atoms with Gasteiger partial charge >= 0.3 is 6.18 Å². The van der Waals surface area contributed by atoms with Crippen molar-refractivity contribution < 1.29 is 22.7 Å². The predicted octanol–water partition coefficient (Wildman–Crippen LogP) is 3.17. The molecule has 10 heteroatoms. The zero-order valence-electron chi connectivity index (χ0n) is 16.8. The molecule has 1 atom stereocenters. The molecule has 1 heterocycles. The number of amides is 1. The molecule has 6 nitrogen and oxygen atoms in total. The first-order chi connectivity index (χ1) is 13.0. The fourth-order valence-corrected chi connectivity index (χ4v) is 2.73. The average molecular weight is 528 g/mol. The van der Waals surface area contributed by atoms with E-state index in [1.54, 1.807) is 19.9 Å². The van der Waals surface area contributed by atoms with Crippen LogP contribution in [0.3, 0.4) is 0 Å². The Morgan fingerprint density at radius 3 is 2.66 bits per heavy atom. The van der Waals surface area contributed by atoms with Crippen molar-refractivity contribution >= 4 is 35.8 Å². The summed E-state index contributed by atoms with van der Waals surface area (Å²) in [5, 5.41) is 3.16. The standard InChI is InChI=1S/C19H27F3N4O2.HI/c1-4-24-17(25-12-18(2,3)16(23)27)26-8-9-28-15(11-26)13-6-5-7-14(10-13)19(20,21)22;/h5-7,10,15H,4,8-9,11-12H2,1-3H3,(H2,23,27)(H,24,25);1H. The molecule has 1 aliphatic rings. The maximum Gasteiger partial charge on any atom is 0.416 e. The van der Waals surface area contributed by atoms with E-state index >= 15 is 0 Å². The van der Waals surface area contributed by atoms with Crippen LogP contribution in [0.5, 0.6) is 0 Å². The van der Waals surface area contributed by atoms with Crippen LogP contribution >= 0.6 is 24.0 Å². The van der Waals surface area contributed by atoms with Crippen LogP contribution in [0, 0.1) is 5.41 Å². The van der Waals surface area contributed by atoms with Crippen molar-refractivity contribution in [2.45, 2.75) is 33.1 Å². The molecule has 0 aromatic heterocycles. The summed E-state index contributed by atoms with van der Waals surface area (Å²) in [5.74, 6) is 0.132. The van der Waals surface area contributed by atoms with Crippen LogP contribution in [-0.2, 0) is 15.7 Å². The lowest BCUT2D eigenvalue weighted by Gasteiger charge is -2.35. The lowest BCUT2D eigenvalue weighted by Crippen LogP contribution is -2.48. The fraction of sp³-hybridized carbons (Fsp3) is 0.579. The molecule has 0 radical (unpaired) electrons.